The van der Waals surface area contributed by atoms with E-state index in [1.807, 2.05) is 45.0 Å². The van der Waals surface area contributed by atoms with E-state index < -0.39 is 0 Å². The van der Waals surface area contributed by atoms with Crippen LogP contribution in [0.5, 0.6) is 0 Å². The highest BCUT2D eigenvalue weighted by molar-refractivity contribution is 6.42. The fourth-order valence-corrected chi connectivity index (χ4v) is 3.07. The van der Waals surface area contributed by atoms with Crippen LogP contribution < -0.4 is 0 Å². The number of benzene rings is 1. The van der Waals surface area contributed by atoms with Gasteiger partial charge in [-0.25, -0.2) is 0 Å². The summed E-state index contributed by atoms with van der Waals surface area (Å²) in [4.78, 5) is 16.9. The largest absolute Gasteiger partial charge is 0.361 e. The summed E-state index contributed by atoms with van der Waals surface area (Å²) >= 11 is 12.1. The number of hydrogen-bond donors (Lipinski definition) is 0. The first-order chi connectivity index (χ1) is 12.3. The average Bonchev–Trinajstić information content (AvgIpc) is 2.88. The monoisotopic (exact) mass is 397 g/mol. The maximum absolute atomic E-state index is 12.9. The molecule has 1 heterocycles. The normalized spacial score (nSPS) is 11.2. The van der Waals surface area contributed by atoms with Crippen LogP contribution in [0.4, 0.5) is 0 Å². The van der Waals surface area contributed by atoms with E-state index in [0.717, 1.165) is 29.8 Å². The standard InChI is InChI=1S/C19H25Cl2N3O2/c1-13-16(14(2)26-22-13)11-19(25)24(9-5-8-23(3)4)12-15-6-7-17(20)18(21)10-15/h6-7,10H,5,8-9,11-12H2,1-4H3. The Morgan fingerprint density at radius 1 is 1.15 bits per heavy atom. The predicted molar refractivity (Wildman–Crippen MR) is 105 cm³/mol. The van der Waals surface area contributed by atoms with Crippen molar-refractivity contribution in [3.05, 3.63) is 50.8 Å². The number of hydrogen-bond acceptors (Lipinski definition) is 4. The van der Waals surface area contributed by atoms with Crippen molar-refractivity contribution < 1.29 is 9.32 Å². The van der Waals surface area contributed by atoms with E-state index >= 15 is 0 Å². The molecule has 1 aromatic carbocycles. The highest BCUT2D eigenvalue weighted by Crippen LogP contribution is 2.23. The number of rotatable bonds is 8. The van der Waals surface area contributed by atoms with E-state index in [4.69, 9.17) is 27.7 Å². The molecule has 0 spiro atoms. The molecule has 5 nitrogen and oxygen atoms in total. The van der Waals surface area contributed by atoms with Crippen molar-refractivity contribution in [3.63, 3.8) is 0 Å². The van der Waals surface area contributed by atoms with Gasteiger partial charge in [0.1, 0.15) is 5.76 Å². The van der Waals surface area contributed by atoms with Gasteiger partial charge in [0, 0.05) is 18.7 Å². The Bertz CT molecular complexity index is 740. The molecule has 0 saturated heterocycles. The molecular weight excluding hydrogens is 373 g/mol. The van der Waals surface area contributed by atoms with Crippen LogP contribution in [0, 0.1) is 13.8 Å². The molecular formula is C19H25Cl2N3O2. The SMILES string of the molecule is Cc1noc(C)c1CC(=O)N(CCCN(C)C)Cc1ccc(Cl)c(Cl)c1. The molecule has 0 aliphatic heterocycles. The van der Waals surface area contributed by atoms with Crippen LogP contribution in [0.3, 0.4) is 0 Å². The molecule has 2 aromatic rings. The molecule has 0 bridgehead atoms. The molecule has 0 atom stereocenters. The number of carbonyl (C=O) groups is 1. The molecule has 0 aliphatic carbocycles. The number of nitrogens with zero attached hydrogens (tertiary/aromatic N) is 3. The molecule has 26 heavy (non-hydrogen) atoms. The lowest BCUT2D eigenvalue weighted by Crippen LogP contribution is -2.34. The summed E-state index contributed by atoms with van der Waals surface area (Å²) in [6.07, 6.45) is 1.17. The van der Waals surface area contributed by atoms with Crippen LogP contribution >= 0.6 is 23.2 Å². The number of halogens is 2. The molecule has 0 N–H and O–H groups in total. The number of carbonyl (C=O) groups excluding carboxylic acids is 1. The fraction of sp³-hybridized carbons (Fsp3) is 0.474. The Kier molecular flexibility index (Phi) is 7.50. The Morgan fingerprint density at radius 3 is 2.46 bits per heavy atom. The fourth-order valence-electron chi connectivity index (χ4n) is 2.75. The minimum absolute atomic E-state index is 0.0456. The molecule has 0 unspecified atom stereocenters. The summed E-state index contributed by atoms with van der Waals surface area (Å²) in [5, 5.41) is 4.94. The minimum atomic E-state index is 0.0456. The van der Waals surface area contributed by atoms with Gasteiger partial charge in [0.25, 0.3) is 0 Å². The Labute approximate surface area is 164 Å². The molecule has 1 aromatic heterocycles. The maximum atomic E-state index is 12.9. The zero-order chi connectivity index (χ0) is 19.3. The van der Waals surface area contributed by atoms with Gasteiger partial charge in [-0.05, 0) is 58.6 Å². The molecule has 0 radical (unpaired) electrons. The minimum Gasteiger partial charge on any atom is -0.361 e. The summed E-state index contributed by atoms with van der Waals surface area (Å²) < 4.78 is 5.18. The summed E-state index contributed by atoms with van der Waals surface area (Å²) in [5.74, 6) is 0.739. The van der Waals surface area contributed by atoms with Crippen LogP contribution in [-0.4, -0.2) is 48.0 Å². The zero-order valence-corrected chi connectivity index (χ0v) is 17.2. The van der Waals surface area contributed by atoms with Gasteiger partial charge < -0.3 is 14.3 Å². The van der Waals surface area contributed by atoms with E-state index in [2.05, 4.69) is 10.1 Å². The van der Waals surface area contributed by atoms with E-state index in [0.29, 0.717) is 28.9 Å². The third-order valence-corrected chi connectivity index (χ3v) is 4.99. The number of amides is 1. The van der Waals surface area contributed by atoms with Gasteiger partial charge in [-0.2, -0.15) is 0 Å². The van der Waals surface area contributed by atoms with E-state index in [9.17, 15) is 4.79 Å². The second-order valence-corrected chi connectivity index (χ2v) is 7.51. The van der Waals surface area contributed by atoms with Crippen LogP contribution in [0.2, 0.25) is 10.0 Å². The first-order valence-corrected chi connectivity index (χ1v) is 9.31. The van der Waals surface area contributed by atoms with E-state index in [1.54, 1.807) is 6.07 Å². The van der Waals surface area contributed by atoms with Crippen molar-refractivity contribution in [2.45, 2.75) is 33.2 Å². The van der Waals surface area contributed by atoms with E-state index in [1.165, 1.54) is 0 Å². The average molecular weight is 398 g/mol. The van der Waals surface area contributed by atoms with Gasteiger partial charge >= 0.3 is 0 Å². The molecule has 7 heteroatoms. The third kappa shape index (κ3) is 5.73. The van der Waals surface area contributed by atoms with Gasteiger partial charge in [0.2, 0.25) is 5.91 Å². The second kappa shape index (κ2) is 9.40. The van der Waals surface area contributed by atoms with Crippen LogP contribution in [0.25, 0.3) is 0 Å². The number of aryl methyl sites for hydroxylation is 2. The number of aromatic nitrogens is 1. The lowest BCUT2D eigenvalue weighted by Gasteiger charge is -2.24. The van der Waals surface area contributed by atoms with Gasteiger partial charge in [-0.3, -0.25) is 4.79 Å². The Balaban J connectivity index is 2.13. The first-order valence-electron chi connectivity index (χ1n) is 8.56. The molecule has 2 rings (SSSR count). The van der Waals surface area contributed by atoms with Gasteiger partial charge in [0.05, 0.1) is 22.2 Å². The molecule has 142 valence electrons. The molecule has 0 fully saturated rings. The van der Waals surface area contributed by atoms with Crippen LogP contribution in [-0.2, 0) is 17.8 Å². The summed E-state index contributed by atoms with van der Waals surface area (Å²) in [6, 6.07) is 5.47. The van der Waals surface area contributed by atoms with Gasteiger partial charge in [-0.1, -0.05) is 34.4 Å². The molecule has 0 aliphatic rings. The maximum Gasteiger partial charge on any atom is 0.227 e. The van der Waals surface area contributed by atoms with Crippen molar-refractivity contribution >= 4 is 29.1 Å². The lowest BCUT2D eigenvalue weighted by molar-refractivity contribution is -0.131. The van der Waals surface area contributed by atoms with Gasteiger partial charge in [0.15, 0.2) is 0 Å². The van der Waals surface area contributed by atoms with Crippen molar-refractivity contribution in [1.29, 1.82) is 0 Å². The highest BCUT2D eigenvalue weighted by atomic mass is 35.5. The topological polar surface area (TPSA) is 49.6 Å². The summed E-state index contributed by atoms with van der Waals surface area (Å²) in [5.41, 5.74) is 2.58. The molecule has 0 saturated carbocycles. The summed E-state index contributed by atoms with van der Waals surface area (Å²) in [6.45, 7) is 5.76. The second-order valence-electron chi connectivity index (χ2n) is 6.70. The van der Waals surface area contributed by atoms with Gasteiger partial charge in [-0.15, -0.1) is 0 Å². The quantitative estimate of drug-likeness (QED) is 0.671. The van der Waals surface area contributed by atoms with E-state index in [-0.39, 0.29) is 12.3 Å². The van der Waals surface area contributed by atoms with Crippen molar-refractivity contribution in [2.24, 2.45) is 0 Å². The molecule has 1 amide bonds. The lowest BCUT2D eigenvalue weighted by atomic mass is 10.1. The highest BCUT2D eigenvalue weighted by Gasteiger charge is 2.19. The summed E-state index contributed by atoms with van der Waals surface area (Å²) in [7, 11) is 4.05. The predicted octanol–water partition coefficient (Wildman–Crippen LogP) is 4.12. The van der Waals surface area contributed by atoms with Crippen LogP contribution in [0.1, 0.15) is 29.0 Å². The Hall–Kier alpha value is -1.56. The van der Waals surface area contributed by atoms with Crippen molar-refractivity contribution in [1.82, 2.24) is 15.0 Å². The first kappa shape index (κ1) is 20.7. The van der Waals surface area contributed by atoms with Crippen molar-refractivity contribution in [2.75, 3.05) is 27.2 Å². The van der Waals surface area contributed by atoms with Crippen LogP contribution in [0.15, 0.2) is 22.7 Å². The third-order valence-electron chi connectivity index (χ3n) is 4.25. The zero-order valence-electron chi connectivity index (χ0n) is 15.7. The Morgan fingerprint density at radius 2 is 1.88 bits per heavy atom. The smallest absolute Gasteiger partial charge is 0.227 e. The van der Waals surface area contributed by atoms with Crippen molar-refractivity contribution in [3.8, 4) is 0 Å².